The van der Waals surface area contributed by atoms with Gasteiger partial charge in [0.15, 0.2) is 11.4 Å². The highest BCUT2D eigenvalue weighted by molar-refractivity contribution is 6.02. The average molecular weight is 407 g/mol. The zero-order chi connectivity index (χ0) is 21.3. The van der Waals surface area contributed by atoms with Crippen molar-refractivity contribution >= 4 is 33.3 Å². The summed E-state index contributed by atoms with van der Waals surface area (Å²) in [7, 11) is 0. The Kier molecular flexibility index (Phi) is 3.66. The monoisotopic (exact) mass is 407 g/mol. The molecule has 0 bridgehead atoms. The molecule has 3 aromatic carbocycles. The normalized spacial score (nSPS) is 11.9. The second-order valence-corrected chi connectivity index (χ2v) is 8.13. The summed E-state index contributed by atoms with van der Waals surface area (Å²) in [6.07, 6.45) is 0. The summed E-state index contributed by atoms with van der Waals surface area (Å²) in [6.45, 7) is 8.22. The fraction of sp³-hybridized carbons (Fsp3) is 0.154. The van der Waals surface area contributed by atoms with E-state index in [2.05, 4.69) is 78.9 Å². The lowest BCUT2D eigenvalue weighted by Crippen LogP contribution is -2.03. The van der Waals surface area contributed by atoms with Crippen molar-refractivity contribution in [1.82, 2.24) is 14.5 Å². The minimum absolute atomic E-state index is 0.465. The second kappa shape index (κ2) is 6.32. The predicted molar refractivity (Wildman–Crippen MR) is 123 cm³/mol. The Hall–Kier alpha value is -3.86. The van der Waals surface area contributed by atoms with E-state index in [1.165, 1.54) is 11.1 Å². The minimum Gasteiger partial charge on any atom is -0.424 e. The zero-order valence-electron chi connectivity index (χ0n) is 17.9. The van der Waals surface area contributed by atoms with Crippen LogP contribution in [-0.4, -0.2) is 14.5 Å². The second-order valence-electron chi connectivity index (χ2n) is 8.13. The van der Waals surface area contributed by atoms with Gasteiger partial charge in [-0.05, 0) is 61.7 Å². The van der Waals surface area contributed by atoms with Gasteiger partial charge in [0.25, 0.3) is 0 Å². The molecule has 6 rings (SSSR count). The van der Waals surface area contributed by atoms with E-state index in [0.717, 1.165) is 50.2 Å². The molecule has 0 aliphatic carbocycles. The number of imidazole rings is 1. The Labute approximate surface area is 178 Å². The van der Waals surface area contributed by atoms with Crippen LogP contribution in [0.1, 0.15) is 22.6 Å². The number of oxazole rings is 1. The molecule has 0 amide bonds. The molecule has 0 saturated carbocycles. The maximum absolute atomic E-state index is 5.99. The van der Waals surface area contributed by atoms with Crippen LogP contribution in [0.15, 0.2) is 63.4 Å². The number of rotatable bonds is 2. The SMILES string of the molecule is Cc1nc2c(o1)oc1cc(-c3nc4ccccc4n3-c3c(C)cccc3C)c(C)cc12. The molecule has 5 nitrogen and oxygen atoms in total. The van der Waals surface area contributed by atoms with E-state index >= 15 is 0 Å². The molecule has 0 aliphatic rings. The van der Waals surface area contributed by atoms with Crippen molar-refractivity contribution in [2.75, 3.05) is 0 Å². The van der Waals surface area contributed by atoms with Crippen LogP contribution in [0, 0.1) is 27.7 Å². The first-order valence-electron chi connectivity index (χ1n) is 10.4. The van der Waals surface area contributed by atoms with Crippen molar-refractivity contribution in [3.63, 3.8) is 0 Å². The molecular weight excluding hydrogens is 386 g/mol. The van der Waals surface area contributed by atoms with Crippen molar-refractivity contribution in [2.45, 2.75) is 27.7 Å². The van der Waals surface area contributed by atoms with Gasteiger partial charge in [0.1, 0.15) is 11.4 Å². The molecule has 0 unspecified atom stereocenters. The van der Waals surface area contributed by atoms with Gasteiger partial charge in [-0.2, -0.15) is 0 Å². The quantitative estimate of drug-likeness (QED) is 0.316. The smallest absolute Gasteiger partial charge is 0.319 e. The van der Waals surface area contributed by atoms with Crippen LogP contribution in [0.4, 0.5) is 0 Å². The number of nitrogens with zero attached hydrogens (tertiary/aromatic N) is 3. The summed E-state index contributed by atoms with van der Waals surface area (Å²) >= 11 is 0. The number of hydrogen-bond donors (Lipinski definition) is 0. The predicted octanol–water partition coefficient (Wildman–Crippen LogP) is 6.81. The molecule has 0 N–H and O–H groups in total. The first-order chi connectivity index (χ1) is 15.0. The third-order valence-corrected chi connectivity index (χ3v) is 5.95. The third kappa shape index (κ3) is 2.56. The van der Waals surface area contributed by atoms with E-state index in [4.69, 9.17) is 13.8 Å². The lowest BCUT2D eigenvalue weighted by molar-refractivity contribution is 0.473. The van der Waals surface area contributed by atoms with E-state index in [-0.39, 0.29) is 0 Å². The molecule has 0 aliphatic heterocycles. The Bertz CT molecular complexity index is 1610. The van der Waals surface area contributed by atoms with Crippen molar-refractivity contribution in [3.8, 4) is 17.1 Å². The number of furan rings is 1. The maximum Gasteiger partial charge on any atom is 0.319 e. The van der Waals surface area contributed by atoms with E-state index < -0.39 is 0 Å². The summed E-state index contributed by atoms with van der Waals surface area (Å²) in [4.78, 5) is 9.53. The van der Waals surface area contributed by atoms with Crippen LogP contribution < -0.4 is 0 Å². The first-order valence-corrected chi connectivity index (χ1v) is 10.4. The number of benzene rings is 3. The van der Waals surface area contributed by atoms with E-state index in [1.807, 2.05) is 13.0 Å². The summed E-state index contributed by atoms with van der Waals surface area (Å²) in [6, 6.07) is 18.8. The van der Waals surface area contributed by atoms with Crippen LogP contribution in [0.3, 0.4) is 0 Å². The molecule has 5 heteroatoms. The topological polar surface area (TPSA) is 57.0 Å². The highest BCUT2D eigenvalue weighted by Gasteiger charge is 2.21. The molecule has 31 heavy (non-hydrogen) atoms. The van der Waals surface area contributed by atoms with Crippen molar-refractivity contribution in [3.05, 3.63) is 77.2 Å². The maximum atomic E-state index is 5.99. The largest absolute Gasteiger partial charge is 0.424 e. The van der Waals surface area contributed by atoms with Crippen LogP contribution in [0.25, 0.3) is 50.4 Å². The van der Waals surface area contributed by atoms with E-state index in [9.17, 15) is 0 Å². The van der Waals surface area contributed by atoms with Crippen LogP contribution in [0.5, 0.6) is 0 Å². The van der Waals surface area contributed by atoms with Gasteiger partial charge in [0, 0.05) is 12.5 Å². The number of hydrogen-bond acceptors (Lipinski definition) is 4. The zero-order valence-corrected chi connectivity index (χ0v) is 17.9. The highest BCUT2D eigenvalue weighted by Crippen LogP contribution is 2.37. The molecule has 0 spiro atoms. The van der Waals surface area contributed by atoms with Gasteiger partial charge < -0.3 is 8.83 Å². The van der Waals surface area contributed by atoms with Gasteiger partial charge in [0.2, 0.25) is 0 Å². The molecule has 6 aromatic rings. The number of aromatic nitrogens is 3. The summed E-state index contributed by atoms with van der Waals surface area (Å²) < 4.78 is 13.9. The minimum atomic E-state index is 0.465. The third-order valence-electron chi connectivity index (χ3n) is 5.95. The van der Waals surface area contributed by atoms with Crippen molar-refractivity contribution in [1.29, 1.82) is 0 Å². The van der Waals surface area contributed by atoms with Crippen LogP contribution in [0.2, 0.25) is 0 Å². The summed E-state index contributed by atoms with van der Waals surface area (Å²) in [5.41, 5.74) is 9.28. The van der Waals surface area contributed by atoms with Crippen molar-refractivity contribution in [2.24, 2.45) is 0 Å². The molecule has 152 valence electrons. The fourth-order valence-corrected chi connectivity index (χ4v) is 4.54. The van der Waals surface area contributed by atoms with Gasteiger partial charge in [-0.3, -0.25) is 4.57 Å². The first kappa shape index (κ1) is 18.0. The van der Waals surface area contributed by atoms with Gasteiger partial charge in [0.05, 0.1) is 22.1 Å². The Balaban J connectivity index is 1.70. The highest BCUT2D eigenvalue weighted by atomic mass is 16.5. The van der Waals surface area contributed by atoms with E-state index in [1.54, 1.807) is 0 Å². The summed E-state index contributed by atoms with van der Waals surface area (Å²) in [5, 5.41) is 0.961. The molecule has 0 saturated heterocycles. The molecule has 0 radical (unpaired) electrons. The number of para-hydroxylation sites is 3. The number of fused-ring (bicyclic) bond motifs is 4. The van der Waals surface area contributed by atoms with Crippen LogP contribution in [-0.2, 0) is 0 Å². The Morgan fingerprint density at radius 1 is 0.774 bits per heavy atom. The van der Waals surface area contributed by atoms with Crippen molar-refractivity contribution < 1.29 is 8.83 Å². The molecule has 0 atom stereocenters. The van der Waals surface area contributed by atoms with Crippen LogP contribution >= 0.6 is 0 Å². The molecule has 0 fully saturated rings. The average Bonchev–Trinajstić information content (AvgIpc) is 3.38. The Morgan fingerprint density at radius 3 is 2.35 bits per heavy atom. The van der Waals surface area contributed by atoms with Gasteiger partial charge in [-0.15, -0.1) is 0 Å². The standard InChI is InChI=1S/C26H21N3O2/c1-14-8-7-9-15(2)24(14)29-21-11-6-5-10-20(21)28-25(29)18-13-22-19(12-16(18)3)23-26(31-22)30-17(4)27-23/h5-13H,1-4H3. The van der Waals surface area contributed by atoms with E-state index in [0.29, 0.717) is 11.7 Å². The lowest BCUT2D eigenvalue weighted by atomic mass is 10.0. The number of aryl methyl sites for hydroxylation is 4. The molecule has 3 heterocycles. The van der Waals surface area contributed by atoms with Gasteiger partial charge >= 0.3 is 5.78 Å². The fourth-order valence-electron chi connectivity index (χ4n) is 4.54. The summed E-state index contributed by atoms with van der Waals surface area (Å²) in [5.74, 6) is 1.97. The lowest BCUT2D eigenvalue weighted by Gasteiger charge is -2.16. The van der Waals surface area contributed by atoms with Gasteiger partial charge in [-0.1, -0.05) is 30.3 Å². The van der Waals surface area contributed by atoms with Gasteiger partial charge in [-0.25, -0.2) is 9.97 Å². The molecule has 3 aromatic heterocycles. The molecular formula is C26H21N3O2. The Morgan fingerprint density at radius 2 is 1.55 bits per heavy atom.